The molecule has 1 aliphatic rings. The first-order valence-corrected chi connectivity index (χ1v) is 11.8. The van der Waals surface area contributed by atoms with E-state index in [0.29, 0.717) is 30.6 Å². The largest absolute Gasteiger partial charge is 0.463 e. The number of rotatable bonds is 5. The molecule has 0 radical (unpaired) electrons. The Hall–Kier alpha value is -2.93. The van der Waals surface area contributed by atoms with Crippen LogP contribution in [-0.2, 0) is 9.53 Å². The van der Waals surface area contributed by atoms with Crippen LogP contribution in [0.3, 0.4) is 0 Å². The van der Waals surface area contributed by atoms with Crippen molar-refractivity contribution in [1.29, 1.82) is 0 Å². The molecule has 0 N–H and O–H groups in total. The molecular weight excluding hydrogens is 479 g/mol. The lowest BCUT2D eigenvalue weighted by molar-refractivity contribution is -0.139. The summed E-state index contributed by atoms with van der Waals surface area (Å²) in [5.74, 6) is -0.486. The van der Waals surface area contributed by atoms with Crippen LogP contribution in [0.5, 0.6) is 0 Å². The van der Waals surface area contributed by atoms with Crippen LogP contribution < -0.4 is 14.9 Å². The van der Waals surface area contributed by atoms with Crippen LogP contribution in [0.2, 0.25) is 10.0 Å². The summed E-state index contributed by atoms with van der Waals surface area (Å²) in [5, 5.41) is 0.846. The molecule has 33 heavy (non-hydrogen) atoms. The van der Waals surface area contributed by atoms with E-state index in [2.05, 4.69) is 4.99 Å². The maximum atomic E-state index is 13.4. The van der Waals surface area contributed by atoms with Crippen LogP contribution >= 0.6 is 34.5 Å². The number of carbonyl (C=O) groups is 1. The van der Waals surface area contributed by atoms with E-state index in [-0.39, 0.29) is 12.2 Å². The fourth-order valence-electron chi connectivity index (χ4n) is 3.54. The Balaban J connectivity index is 1.87. The maximum Gasteiger partial charge on any atom is 0.338 e. The molecule has 5 nitrogen and oxygen atoms in total. The summed E-state index contributed by atoms with van der Waals surface area (Å²) in [6, 6.07) is 14.2. The van der Waals surface area contributed by atoms with Gasteiger partial charge in [0.25, 0.3) is 5.56 Å². The molecule has 1 aliphatic heterocycles. The van der Waals surface area contributed by atoms with Crippen molar-refractivity contribution in [1.82, 2.24) is 4.57 Å². The highest BCUT2D eigenvalue weighted by molar-refractivity contribution is 7.07. The molecule has 4 rings (SSSR count). The van der Waals surface area contributed by atoms with Gasteiger partial charge in [-0.05, 0) is 43.2 Å². The zero-order valence-electron chi connectivity index (χ0n) is 17.9. The van der Waals surface area contributed by atoms with Crippen molar-refractivity contribution in [2.75, 3.05) is 6.61 Å². The Morgan fingerprint density at radius 1 is 1.15 bits per heavy atom. The van der Waals surface area contributed by atoms with E-state index < -0.39 is 12.0 Å². The van der Waals surface area contributed by atoms with E-state index in [0.717, 1.165) is 11.1 Å². The third-order valence-corrected chi connectivity index (χ3v) is 6.79. The molecule has 0 saturated heterocycles. The molecule has 0 bridgehead atoms. The predicted octanol–water partition coefficient (Wildman–Crippen LogP) is 4.77. The summed E-state index contributed by atoms with van der Waals surface area (Å²) >= 11 is 13.4. The van der Waals surface area contributed by atoms with Crippen molar-refractivity contribution in [3.8, 4) is 0 Å². The van der Waals surface area contributed by atoms with Gasteiger partial charge in [-0.25, -0.2) is 9.79 Å². The first-order valence-electron chi connectivity index (χ1n) is 10.3. The first kappa shape index (κ1) is 23.2. The normalized spacial score (nSPS) is 16.1. The highest BCUT2D eigenvalue weighted by Crippen LogP contribution is 2.27. The van der Waals surface area contributed by atoms with Gasteiger partial charge in [-0.2, -0.15) is 0 Å². The SMILES string of the molecule is CCOC(=O)C1=C(C)N=c2s/c(=C/c3ccc(Cl)c(Cl)c3)c(=O)n2[C@H]1/C=C/c1ccccc1. The van der Waals surface area contributed by atoms with Crippen LogP contribution in [0.4, 0.5) is 0 Å². The number of hydrogen-bond acceptors (Lipinski definition) is 5. The number of thiazole rings is 1. The van der Waals surface area contributed by atoms with Gasteiger partial charge >= 0.3 is 5.97 Å². The molecule has 0 unspecified atom stereocenters. The Kier molecular flexibility index (Phi) is 6.98. The molecule has 0 amide bonds. The fraction of sp³-hybridized carbons (Fsp3) is 0.160. The predicted molar refractivity (Wildman–Crippen MR) is 133 cm³/mol. The minimum Gasteiger partial charge on any atom is -0.463 e. The van der Waals surface area contributed by atoms with Crippen molar-refractivity contribution in [2.24, 2.45) is 4.99 Å². The number of ether oxygens (including phenoxy) is 1. The smallest absolute Gasteiger partial charge is 0.338 e. The Morgan fingerprint density at radius 3 is 2.61 bits per heavy atom. The van der Waals surface area contributed by atoms with E-state index in [1.807, 2.05) is 42.5 Å². The molecule has 3 aromatic rings. The minimum atomic E-state index is -0.642. The number of carbonyl (C=O) groups excluding carboxylic acids is 1. The van der Waals surface area contributed by atoms with E-state index in [4.69, 9.17) is 27.9 Å². The summed E-state index contributed by atoms with van der Waals surface area (Å²) in [7, 11) is 0. The highest BCUT2D eigenvalue weighted by atomic mass is 35.5. The number of hydrogen-bond donors (Lipinski definition) is 0. The molecule has 0 saturated carbocycles. The second-order valence-electron chi connectivity index (χ2n) is 7.29. The standard InChI is InChI=1S/C25H20Cl2N2O3S/c1-3-32-24(31)22-15(2)28-25-29(20(22)12-10-16-7-5-4-6-8-16)23(30)21(33-25)14-17-9-11-18(26)19(27)13-17/h4-14,20H,3H2,1-2H3/b12-10+,21-14+/t20-/m0/s1. The Labute approximate surface area is 204 Å². The molecule has 1 atom stereocenters. The second kappa shape index (κ2) is 9.91. The number of nitrogens with zero attached hydrogens (tertiary/aromatic N) is 2. The lowest BCUT2D eigenvalue weighted by Crippen LogP contribution is -2.38. The monoisotopic (exact) mass is 498 g/mol. The van der Waals surface area contributed by atoms with Gasteiger partial charge in [0.05, 0.1) is 38.5 Å². The average Bonchev–Trinajstić information content (AvgIpc) is 3.09. The van der Waals surface area contributed by atoms with Gasteiger partial charge < -0.3 is 4.74 Å². The lowest BCUT2D eigenvalue weighted by atomic mass is 10.0. The average molecular weight is 499 g/mol. The maximum absolute atomic E-state index is 13.4. The third-order valence-electron chi connectivity index (χ3n) is 5.07. The number of esters is 1. The molecule has 8 heteroatoms. The van der Waals surface area contributed by atoms with Gasteiger partial charge in [-0.1, -0.05) is 83.1 Å². The molecule has 0 aliphatic carbocycles. The molecule has 168 valence electrons. The van der Waals surface area contributed by atoms with Gasteiger partial charge in [-0.3, -0.25) is 9.36 Å². The molecule has 0 fully saturated rings. The molecule has 2 heterocycles. The highest BCUT2D eigenvalue weighted by Gasteiger charge is 2.30. The number of fused-ring (bicyclic) bond motifs is 1. The van der Waals surface area contributed by atoms with Crippen molar-refractivity contribution in [3.05, 3.63) is 107 Å². The van der Waals surface area contributed by atoms with Gasteiger partial charge in [-0.15, -0.1) is 0 Å². The Bertz CT molecular complexity index is 1450. The fourth-order valence-corrected chi connectivity index (χ4v) is 4.90. The number of allylic oxidation sites excluding steroid dienone is 2. The molecular formula is C25H20Cl2N2O3S. The van der Waals surface area contributed by atoms with Crippen LogP contribution in [0.1, 0.15) is 31.0 Å². The zero-order valence-corrected chi connectivity index (χ0v) is 20.2. The van der Waals surface area contributed by atoms with Crippen LogP contribution in [0.25, 0.3) is 12.2 Å². The quantitative estimate of drug-likeness (QED) is 0.476. The van der Waals surface area contributed by atoms with Crippen molar-refractivity contribution in [2.45, 2.75) is 19.9 Å². The van der Waals surface area contributed by atoms with Gasteiger partial charge in [0.15, 0.2) is 4.80 Å². The number of aromatic nitrogens is 1. The van der Waals surface area contributed by atoms with Crippen LogP contribution in [-0.4, -0.2) is 17.1 Å². The van der Waals surface area contributed by atoms with Gasteiger partial charge in [0.2, 0.25) is 0 Å². The number of benzene rings is 2. The van der Waals surface area contributed by atoms with E-state index in [1.54, 1.807) is 38.1 Å². The molecule has 1 aromatic heterocycles. The third kappa shape index (κ3) is 4.88. The zero-order chi connectivity index (χ0) is 23.5. The van der Waals surface area contributed by atoms with Crippen molar-refractivity contribution >= 4 is 52.7 Å². The summed E-state index contributed by atoms with van der Waals surface area (Å²) in [6.07, 6.45) is 5.46. The second-order valence-corrected chi connectivity index (χ2v) is 9.11. The van der Waals surface area contributed by atoms with Crippen molar-refractivity contribution in [3.63, 3.8) is 0 Å². The van der Waals surface area contributed by atoms with E-state index in [9.17, 15) is 9.59 Å². The summed E-state index contributed by atoms with van der Waals surface area (Å²) in [5.41, 5.74) is 2.32. The Morgan fingerprint density at radius 2 is 1.91 bits per heavy atom. The van der Waals surface area contributed by atoms with Gasteiger partial charge in [0.1, 0.15) is 0 Å². The summed E-state index contributed by atoms with van der Waals surface area (Å²) in [4.78, 5) is 31.3. The molecule has 2 aromatic carbocycles. The van der Waals surface area contributed by atoms with E-state index >= 15 is 0 Å². The van der Waals surface area contributed by atoms with Crippen LogP contribution in [0, 0.1) is 0 Å². The van der Waals surface area contributed by atoms with Crippen LogP contribution in [0.15, 0.2) is 75.7 Å². The summed E-state index contributed by atoms with van der Waals surface area (Å²) < 4.78 is 7.29. The van der Waals surface area contributed by atoms with Crippen molar-refractivity contribution < 1.29 is 9.53 Å². The minimum absolute atomic E-state index is 0.229. The van der Waals surface area contributed by atoms with E-state index in [1.165, 1.54) is 15.9 Å². The lowest BCUT2D eigenvalue weighted by Gasteiger charge is -2.21. The topological polar surface area (TPSA) is 60.7 Å². The van der Waals surface area contributed by atoms with Gasteiger partial charge in [0, 0.05) is 0 Å². The summed E-state index contributed by atoms with van der Waals surface area (Å²) in [6.45, 7) is 3.73. The first-order chi connectivity index (χ1) is 15.9. The number of halogens is 2. The molecule has 0 spiro atoms.